The molecule has 0 bridgehead atoms. The molecule has 1 radical (unpaired) electrons. The van der Waals surface area contributed by atoms with Crippen LogP contribution in [-0.4, -0.2) is 28.9 Å². The van der Waals surface area contributed by atoms with Crippen LogP contribution >= 0.6 is 11.3 Å². The number of aryl methyl sites for hydroxylation is 1. The quantitative estimate of drug-likeness (QED) is 0.0693. The number of rotatable bonds is 9. The predicted molar refractivity (Wildman–Crippen MR) is 218 cm³/mol. The molecule has 0 atom stereocenters. The molecule has 1 aliphatic heterocycles. The van der Waals surface area contributed by atoms with Crippen molar-refractivity contribution < 1.29 is 30.0 Å². The first kappa shape index (κ1) is 40.5. The maximum Gasteiger partial charge on any atom is 0.162 e. The second-order valence-corrected chi connectivity index (χ2v) is 20.5. The van der Waals surface area contributed by atoms with E-state index in [1.807, 2.05) is 27.7 Å². The molecule has 3 heterocycles. The first-order valence-electron chi connectivity index (χ1n) is 18.2. The van der Waals surface area contributed by atoms with Gasteiger partial charge in [-0.15, -0.1) is 40.5 Å². The Bertz CT molecular complexity index is 2080. The predicted octanol–water partition coefficient (Wildman–Crippen LogP) is 11.9. The molecule has 51 heavy (non-hydrogen) atoms. The minimum atomic E-state index is -1.43. The number of hydrogen-bond acceptors (Lipinski definition) is 5. The summed E-state index contributed by atoms with van der Waals surface area (Å²) in [7, 11) is -1.43. The molecule has 0 saturated heterocycles. The average molecular weight is 894 g/mol. The third kappa shape index (κ3) is 8.54. The van der Waals surface area contributed by atoms with Crippen LogP contribution in [0.5, 0.6) is 0 Å². The number of carbonyl (C=O) groups is 1. The standard InChI is InChI=1S/C31H29N2SSi.C13H24O2.Ir/c1-19-27-30(34-29(19)22-11-12-26-21(16-22)13-14-35(26,5)6)28(33-18-32-27)23-15-20-9-7-8-10-24(20)25(17-23)31(2,3)4;1-5-10(6-2)12(14)9-13(15)11(7-3)8-4;/h7-14,16-18H,1-6H3;9-11,14H,5-8H2,1-4H3;/q-1;;/b;12-9-;. The number of allylic oxidation sites excluding steroid dienone is 2. The van der Waals surface area contributed by atoms with Gasteiger partial charge < -0.3 is 5.11 Å². The van der Waals surface area contributed by atoms with Crippen LogP contribution in [0.2, 0.25) is 13.1 Å². The van der Waals surface area contributed by atoms with Crippen LogP contribution in [0.15, 0.2) is 72.4 Å². The molecule has 2 aromatic heterocycles. The van der Waals surface area contributed by atoms with E-state index in [-0.39, 0.29) is 48.9 Å². The molecule has 1 N–H and O–H groups in total. The van der Waals surface area contributed by atoms with Gasteiger partial charge in [0.25, 0.3) is 0 Å². The van der Waals surface area contributed by atoms with E-state index in [1.165, 1.54) is 43.8 Å². The van der Waals surface area contributed by atoms with Gasteiger partial charge in [-0.3, -0.25) is 9.78 Å². The third-order valence-electron chi connectivity index (χ3n) is 10.3. The summed E-state index contributed by atoms with van der Waals surface area (Å²) in [6, 6.07) is 21.5. The molecule has 0 aliphatic carbocycles. The second kappa shape index (κ2) is 16.6. The van der Waals surface area contributed by atoms with Crippen LogP contribution in [0, 0.1) is 24.8 Å². The van der Waals surface area contributed by atoms with E-state index in [4.69, 9.17) is 9.97 Å². The van der Waals surface area contributed by atoms with E-state index in [9.17, 15) is 9.90 Å². The number of aliphatic hydroxyl groups excluding tert-OH is 1. The largest absolute Gasteiger partial charge is 0.512 e. The average Bonchev–Trinajstić information content (AvgIpc) is 3.59. The molecule has 4 nitrogen and oxygen atoms in total. The number of hydrogen-bond donors (Lipinski definition) is 1. The maximum absolute atomic E-state index is 11.7. The third-order valence-corrected chi connectivity index (χ3v) is 14.5. The fourth-order valence-electron chi connectivity index (χ4n) is 7.07. The normalized spacial score (nSPS) is 13.8. The van der Waals surface area contributed by atoms with Crippen molar-refractivity contribution in [3.8, 4) is 21.7 Å². The van der Waals surface area contributed by atoms with Crippen molar-refractivity contribution in [2.45, 2.75) is 99.6 Å². The van der Waals surface area contributed by atoms with Gasteiger partial charge in [0.05, 0.1) is 11.3 Å². The first-order chi connectivity index (χ1) is 23.7. The summed E-state index contributed by atoms with van der Waals surface area (Å²) in [6.45, 7) is 21.9. The minimum Gasteiger partial charge on any atom is -0.512 e. The Morgan fingerprint density at radius 2 is 1.63 bits per heavy atom. The molecule has 7 heteroatoms. The van der Waals surface area contributed by atoms with Gasteiger partial charge in [-0.2, -0.15) is 0 Å². The number of carbonyl (C=O) groups excluding carboxylic acids is 1. The summed E-state index contributed by atoms with van der Waals surface area (Å²) < 4.78 is 1.14. The molecule has 0 saturated carbocycles. The van der Waals surface area contributed by atoms with Gasteiger partial charge in [-0.1, -0.05) is 115 Å². The Kier molecular flexibility index (Phi) is 13.2. The number of aromatic nitrogens is 2. The zero-order chi connectivity index (χ0) is 36.4. The van der Waals surface area contributed by atoms with Crippen LogP contribution in [0.4, 0.5) is 0 Å². The van der Waals surface area contributed by atoms with E-state index < -0.39 is 8.07 Å². The maximum atomic E-state index is 11.7. The van der Waals surface area contributed by atoms with E-state index in [1.54, 1.807) is 17.7 Å². The van der Waals surface area contributed by atoms with E-state index in [0.29, 0.717) is 0 Å². The molecule has 6 rings (SSSR count). The molecule has 5 aromatic rings. The van der Waals surface area contributed by atoms with Crippen molar-refractivity contribution in [3.63, 3.8) is 0 Å². The Hall–Kier alpha value is -3.22. The minimum absolute atomic E-state index is 0. The summed E-state index contributed by atoms with van der Waals surface area (Å²) in [6.07, 6.45) is 8.93. The molecule has 0 unspecified atom stereocenters. The van der Waals surface area contributed by atoms with Gasteiger partial charge in [-0.25, -0.2) is 4.98 Å². The zero-order valence-corrected chi connectivity index (χ0v) is 36.1. The fraction of sp³-hybridized carbons (Fsp3) is 0.386. The molecule has 0 fully saturated rings. The summed E-state index contributed by atoms with van der Waals surface area (Å²) in [5.41, 5.74) is 10.7. The smallest absolute Gasteiger partial charge is 0.162 e. The summed E-state index contributed by atoms with van der Waals surface area (Å²) in [5, 5.41) is 13.7. The molecule has 0 spiro atoms. The summed E-state index contributed by atoms with van der Waals surface area (Å²) >= 11 is 1.80. The molecular weight excluding hydrogens is 841 g/mol. The van der Waals surface area contributed by atoms with Gasteiger partial charge >= 0.3 is 0 Å². The number of benzene rings is 3. The summed E-state index contributed by atoms with van der Waals surface area (Å²) in [5.74, 6) is 0.547. The Morgan fingerprint density at radius 3 is 2.27 bits per heavy atom. The van der Waals surface area contributed by atoms with Crippen LogP contribution in [0.1, 0.15) is 90.8 Å². The van der Waals surface area contributed by atoms with Crippen molar-refractivity contribution in [1.82, 2.24) is 9.97 Å². The van der Waals surface area contributed by atoms with Crippen LogP contribution in [0.25, 0.3) is 48.8 Å². The van der Waals surface area contributed by atoms with E-state index in [2.05, 4.69) is 107 Å². The van der Waals surface area contributed by atoms with Gasteiger partial charge in [0.1, 0.15) is 14.4 Å². The summed E-state index contributed by atoms with van der Waals surface area (Å²) in [4.78, 5) is 22.5. The van der Waals surface area contributed by atoms with Crippen molar-refractivity contribution in [3.05, 3.63) is 95.1 Å². The Labute approximate surface area is 323 Å². The number of fused-ring (bicyclic) bond motifs is 3. The Balaban J connectivity index is 0.000000312. The number of thiophene rings is 1. The molecule has 271 valence electrons. The first-order valence-corrected chi connectivity index (χ1v) is 22.1. The SMILES string of the molecule is CCC(CC)C(=O)/C=C(\O)C(CC)CC.Cc1c(-c2ccc3c(c2)C=C[Si]3(C)C)sc2c(-c3[c-]c4ccccc4c(C(C)(C)C)c3)ncnc12.[Ir]. The molecule has 1 aliphatic rings. The van der Waals surface area contributed by atoms with E-state index in [0.717, 1.165) is 52.5 Å². The van der Waals surface area contributed by atoms with Crippen molar-refractivity contribution >= 4 is 57.4 Å². The van der Waals surface area contributed by atoms with Crippen LogP contribution < -0.4 is 5.19 Å². The van der Waals surface area contributed by atoms with Gasteiger partial charge in [-0.05, 0) is 66.0 Å². The van der Waals surface area contributed by atoms with E-state index >= 15 is 0 Å². The fourth-order valence-corrected chi connectivity index (χ4v) is 10.5. The second-order valence-electron chi connectivity index (χ2n) is 15.2. The molecule has 3 aromatic carbocycles. The topological polar surface area (TPSA) is 63.1 Å². The van der Waals surface area contributed by atoms with Crippen molar-refractivity contribution in [1.29, 1.82) is 0 Å². The molecule has 0 amide bonds. The number of ketones is 1. The van der Waals surface area contributed by atoms with Gasteiger partial charge in [0.15, 0.2) is 5.78 Å². The monoisotopic (exact) mass is 894 g/mol. The van der Waals surface area contributed by atoms with Gasteiger partial charge in [0, 0.05) is 53.3 Å². The van der Waals surface area contributed by atoms with Crippen molar-refractivity contribution in [2.24, 2.45) is 11.8 Å². The van der Waals surface area contributed by atoms with Gasteiger partial charge in [0.2, 0.25) is 0 Å². The zero-order valence-electron chi connectivity index (χ0n) is 31.9. The number of nitrogens with zero attached hydrogens (tertiary/aromatic N) is 2. The van der Waals surface area contributed by atoms with Crippen LogP contribution in [-0.2, 0) is 30.3 Å². The Morgan fingerprint density at radius 1 is 0.961 bits per heavy atom. The number of aliphatic hydroxyl groups is 1. The van der Waals surface area contributed by atoms with Crippen molar-refractivity contribution in [2.75, 3.05) is 0 Å². The molecular formula is C44H53IrN2O2SSi-. The van der Waals surface area contributed by atoms with Crippen LogP contribution in [0.3, 0.4) is 0 Å².